The fraction of sp³-hybridized carbons (Fsp3) is 0.375. The molecule has 1 unspecified atom stereocenters. The number of nitrogens with zero attached hydrogens (tertiary/aromatic N) is 4. The van der Waals surface area contributed by atoms with Gasteiger partial charge in [0.15, 0.2) is 5.78 Å². The molecule has 0 saturated carbocycles. The standard InChI is InChI=1S/C24H27N5O2/c1-16-5-7-18(8-6-16)25-23-22-19(14-17(15-20(22)30)21-4-3-13-31-21)26-24(27-23)29-11-9-28(2)10-12-29/h3-8,13,17H,9-12,14-15H2,1-2H3,(H,25,26,27). The van der Waals surface area contributed by atoms with Crippen LogP contribution in [0.3, 0.4) is 0 Å². The van der Waals surface area contributed by atoms with Crippen molar-refractivity contribution in [1.29, 1.82) is 0 Å². The van der Waals surface area contributed by atoms with Gasteiger partial charge >= 0.3 is 0 Å². The Hall–Kier alpha value is -3.19. The highest BCUT2D eigenvalue weighted by Crippen LogP contribution is 2.36. The number of anilines is 3. The number of aromatic nitrogens is 2. The molecule has 3 heterocycles. The van der Waals surface area contributed by atoms with Gasteiger partial charge in [-0.25, -0.2) is 4.98 Å². The monoisotopic (exact) mass is 417 g/mol. The van der Waals surface area contributed by atoms with Crippen LogP contribution in [0.15, 0.2) is 47.1 Å². The fourth-order valence-electron chi connectivity index (χ4n) is 4.30. The number of rotatable bonds is 4. The number of Topliss-reactive ketones (excluding diaryl/α,β-unsaturated/α-hetero) is 1. The minimum absolute atomic E-state index is 0.0115. The number of piperazine rings is 1. The van der Waals surface area contributed by atoms with E-state index >= 15 is 0 Å². The summed E-state index contributed by atoms with van der Waals surface area (Å²) in [7, 11) is 2.13. The molecule has 2 aliphatic rings. The van der Waals surface area contributed by atoms with Gasteiger partial charge in [0.25, 0.3) is 0 Å². The Morgan fingerprint density at radius 3 is 2.52 bits per heavy atom. The topological polar surface area (TPSA) is 74.5 Å². The van der Waals surface area contributed by atoms with E-state index in [0.29, 0.717) is 30.2 Å². The third-order valence-electron chi connectivity index (χ3n) is 6.17. The molecule has 1 fully saturated rings. The maximum atomic E-state index is 13.2. The van der Waals surface area contributed by atoms with Gasteiger partial charge in [-0.3, -0.25) is 4.79 Å². The zero-order chi connectivity index (χ0) is 21.4. The number of hydrogen-bond acceptors (Lipinski definition) is 7. The molecule has 1 aliphatic heterocycles. The lowest BCUT2D eigenvalue weighted by Crippen LogP contribution is -2.45. The van der Waals surface area contributed by atoms with E-state index in [0.717, 1.165) is 43.3 Å². The third kappa shape index (κ3) is 4.05. The van der Waals surface area contributed by atoms with Crippen molar-refractivity contribution in [3.63, 3.8) is 0 Å². The first-order valence-electron chi connectivity index (χ1n) is 10.8. The second kappa shape index (κ2) is 8.15. The first-order chi connectivity index (χ1) is 15.1. The van der Waals surface area contributed by atoms with E-state index in [-0.39, 0.29) is 11.7 Å². The van der Waals surface area contributed by atoms with Gasteiger partial charge in [-0.15, -0.1) is 0 Å². The van der Waals surface area contributed by atoms with Crippen LogP contribution < -0.4 is 10.2 Å². The fourth-order valence-corrected chi connectivity index (χ4v) is 4.30. The number of fused-ring (bicyclic) bond motifs is 1. The van der Waals surface area contributed by atoms with Crippen molar-refractivity contribution < 1.29 is 9.21 Å². The lowest BCUT2D eigenvalue weighted by molar-refractivity contribution is 0.0959. The maximum absolute atomic E-state index is 13.2. The molecule has 7 nitrogen and oxygen atoms in total. The summed E-state index contributed by atoms with van der Waals surface area (Å²) < 4.78 is 5.60. The van der Waals surface area contributed by atoms with Crippen LogP contribution in [0, 0.1) is 6.92 Å². The van der Waals surface area contributed by atoms with Crippen LogP contribution in [0.5, 0.6) is 0 Å². The van der Waals surface area contributed by atoms with Crippen LogP contribution in [0.4, 0.5) is 17.5 Å². The number of benzene rings is 1. The van der Waals surface area contributed by atoms with Gasteiger partial charge in [0.2, 0.25) is 5.95 Å². The van der Waals surface area contributed by atoms with Crippen molar-refractivity contribution in [1.82, 2.24) is 14.9 Å². The number of carbonyl (C=O) groups excluding carboxylic acids is 1. The van der Waals surface area contributed by atoms with E-state index in [1.165, 1.54) is 5.56 Å². The average molecular weight is 418 g/mol. The molecule has 31 heavy (non-hydrogen) atoms. The van der Waals surface area contributed by atoms with Gasteiger partial charge in [-0.1, -0.05) is 17.7 Å². The van der Waals surface area contributed by atoms with E-state index in [2.05, 4.69) is 29.1 Å². The number of nitrogens with one attached hydrogen (secondary N) is 1. The van der Waals surface area contributed by atoms with Crippen molar-refractivity contribution in [2.75, 3.05) is 43.4 Å². The van der Waals surface area contributed by atoms with Crippen molar-refractivity contribution in [2.24, 2.45) is 0 Å². The summed E-state index contributed by atoms with van der Waals surface area (Å²) in [6.45, 7) is 5.73. The van der Waals surface area contributed by atoms with Gasteiger partial charge in [-0.05, 0) is 38.2 Å². The lowest BCUT2D eigenvalue weighted by atomic mass is 9.84. The summed E-state index contributed by atoms with van der Waals surface area (Å²) in [4.78, 5) is 27.4. The molecule has 0 radical (unpaired) electrons. The van der Waals surface area contributed by atoms with E-state index in [9.17, 15) is 4.79 Å². The molecule has 3 aromatic rings. The Kier molecular flexibility index (Phi) is 5.19. The molecular formula is C24H27N5O2. The largest absolute Gasteiger partial charge is 0.469 e. The molecule has 1 aliphatic carbocycles. The summed E-state index contributed by atoms with van der Waals surface area (Å²) in [6, 6.07) is 11.9. The van der Waals surface area contributed by atoms with Crippen molar-refractivity contribution >= 4 is 23.2 Å². The number of aryl methyl sites for hydroxylation is 1. The average Bonchev–Trinajstić information content (AvgIpc) is 3.30. The molecule has 0 amide bonds. The van der Waals surface area contributed by atoms with Crippen LogP contribution in [0.25, 0.3) is 0 Å². The van der Waals surface area contributed by atoms with Gasteiger partial charge in [0.1, 0.15) is 11.6 Å². The summed E-state index contributed by atoms with van der Waals surface area (Å²) in [5.41, 5.74) is 3.51. The molecular weight excluding hydrogens is 390 g/mol. The zero-order valence-corrected chi connectivity index (χ0v) is 18.0. The highest BCUT2D eigenvalue weighted by atomic mass is 16.3. The molecule has 7 heteroatoms. The Morgan fingerprint density at radius 1 is 1.03 bits per heavy atom. The number of hydrogen-bond donors (Lipinski definition) is 1. The summed E-state index contributed by atoms with van der Waals surface area (Å²) in [6.07, 6.45) is 2.73. The van der Waals surface area contributed by atoms with Gasteiger partial charge in [0.05, 0.1) is 17.5 Å². The zero-order valence-electron chi connectivity index (χ0n) is 18.0. The van der Waals surface area contributed by atoms with Crippen LogP contribution in [0.1, 0.15) is 39.7 Å². The maximum Gasteiger partial charge on any atom is 0.227 e. The SMILES string of the molecule is Cc1ccc(Nc2nc(N3CCN(C)CC3)nc3c2C(=O)CC(c2ccco2)C3)cc1. The minimum atomic E-state index is 0.0115. The summed E-state index contributed by atoms with van der Waals surface area (Å²) in [5.74, 6) is 2.20. The predicted molar refractivity (Wildman–Crippen MR) is 120 cm³/mol. The highest BCUT2D eigenvalue weighted by Gasteiger charge is 2.33. The molecule has 1 N–H and O–H groups in total. The molecule has 0 spiro atoms. The molecule has 160 valence electrons. The Morgan fingerprint density at radius 2 is 1.81 bits per heavy atom. The van der Waals surface area contributed by atoms with E-state index in [1.807, 2.05) is 36.4 Å². The van der Waals surface area contributed by atoms with Gasteiger partial charge in [-0.2, -0.15) is 4.98 Å². The normalized spacial score (nSPS) is 19.4. The number of carbonyl (C=O) groups is 1. The first-order valence-corrected chi connectivity index (χ1v) is 10.8. The predicted octanol–water partition coefficient (Wildman–Crippen LogP) is 3.79. The van der Waals surface area contributed by atoms with Crippen molar-refractivity contribution in [2.45, 2.75) is 25.7 Å². The molecule has 1 saturated heterocycles. The molecule has 5 rings (SSSR count). The molecule has 1 aromatic carbocycles. The van der Waals surface area contributed by atoms with Crippen molar-refractivity contribution in [3.05, 3.63) is 65.2 Å². The third-order valence-corrected chi connectivity index (χ3v) is 6.17. The Bertz CT molecular complexity index is 1070. The molecule has 0 bridgehead atoms. The van der Waals surface area contributed by atoms with Crippen LogP contribution in [-0.4, -0.2) is 53.9 Å². The van der Waals surface area contributed by atoms with E-state index in [4.69, 9.17) is 14.4 Å². The molecule has 1 atom stereocenters. The van der Waals surface area contributed by atoms with Crippen molar-refractivity contribution in [3.8, 4) is 0 Å². The van der Waals surface area contributed by atoms with Crippen LogP contribution in [-0.2, 0) is 6.42 Å². The van der Waals surface area contributed by atoms with Gasteiger partial charge in [0, 0.05) is 50.6 Å². The minimum Gasteiger partial charge on any atom is -0.469 e. The first kappa shape index (κ1) is 19.8. The summed E-state index contributed by atoms with van der Waals surface area (Å²) in [5, 5.41) is 3.40. The number of furan rings is 1. The Balaban J connectivity index is 1.54. The van der Waals surface area contributed by atoms with Gasteiger partial charge < -0.3 is 19.5 Å². The van der Waals surface area contributed by atoms with Crippen LogP contribution in [0.2, 0.25) is 0 Å². The Labute approximate surface area is 182 Å². The second-order valence-corrected chi connectivity index (χ2v) is 8.52. The smallest absolute Gasteiger partial charge is 0.227 e. The summed E-state index contributed by atoms with van der Waals surface area (Å²) >= 11 is 0. The lowest BCUT2D eigenvalue weighted by Gasteiger charge is -2.33. The quantitative estimate of drug-likeness (QED) is 0.692. The second-order valence-electron chi connectivity index (χ2n) is 8.52. The number of ketones is 1. The van der Waals surface area contributed by atoms with Crippen LogP contribution >= 0.6 is 0 Å². The van der Waals surface area contributed by atoms with E-state index < -0.39 is 0 Å². The highest BCUT2D eigenvalue weighted by molar-refractivity contribution is 6.03. The number of likely N-dealkylation sites (N-methyl/N-ethyl adjacent to an activating group) is 1. The molecule has 2 aromatic heterocycles. The van der Waals surface area contributed by atoms with E-state index in [1.54, 1.807) is 6.26 Å².